The lowest BCUT2D eigenvalue weighted by Gasteiger charge is -2.35. The molecule has 1 saturated heterocycles. The molecule has 1 aliphatic heterocycles. The van der Waals surface area contributed by atoms with Crippen molar-refractivity contribution < 1.29 is 4.79 Å². The van der Waals surface area contributed by atoms with Crippen LogP contribution in [0.3, 0.4) is 0 Å². The standard InChI is InChI=1S/C21H19N7OS/c29-21(15-4-5-16-17(11-15)30-14-25-16)28-9-7-27(8-10-28)20-12-19(23-13-24-20)26-18-3-1-2-6-22-18/h1-6,11-14H,7-10H2,(H,22,23,24,26). The number of anilines is 3. The van der Waals surface area contributed by atoms with Gasteiger partial charge in [0.1, 0.15) is 23.8 Å². The van der Waals surface area contributed by atoms with Crippen molar-refractivity contribution in [2.24, 2.45) is 0 Å². The Hall–Kier alpha value is -3.59. The molecule has 0 spiro atoms. The van der Waals surface area contributed by atoms with Gasteiger partial charge in [0, 0.05) is 44.0 Å². The number of carbonyl (C=O) groups excluding carboxylic acids is 1. The van der Waals surface area contributed by atoms with Gasteiger partial charge in [-0.2, -0.15) is 0 Å². The van der Waals surface area contributed by atoms with Gasteiger partial charge in [0.25, 0.3) is 5.91 Å². The van der Waals surface area contributed by atoms with Crippen LogP contribution < -0.4 is 10.2 Å². The average molecular weight is 417 g/mol. The zero-order valence-corrected chi connectivity index (χ0v) is 16.9. The van der Waals surface area contributed by atoms with E-state index in [9.17, 15) is 4.79 Å². The van der Waals surface area contributed by atoms with Gasteiger partial charge < -0.3 is 15.1 Å². The fourth-order valence-electron chi connectivity index (χ4n) is 3.47. The maximum Gasteiger partial charge on any atom is 0.254 e. The van der Waals surface area contributed by atoms with Gasteiger partial charge in [-0.05, 0) is 30.3 Å². The van der Waals surface area contributed by atoms with Crippen molar-refractivity contribution in [2.45, 2.75) is 0 Å². The summed E-state index contributed by atoms with van der Waals surface area (Å²) in [4.78, 5) is 34.2. The molecule has 1 fully saturated rings. The van der Waals surface area contributed by atoms with E-state index in [0.29, 0.717) is 37.6 Å². The number of thiazole rings is 1. The number of benzene rings is 1. The molecule has 8 nitrogen and oxygen atoms in total. The summed E-state index contributed by atoms with van der Waals surface area (Å²) in [6, 6.07) is 13.3. The molecule has 4 heterocycles. The Balaban J connectivity index is 1.24. The van der Waals surface area contributed by atoms with Crippen LogP contribution in [0.2, 0.25) is 0 Å². The van der Waals surface area contributed by atoms with E-state index in [0.717, 1.165) is 21.9 Å². The minimum atomic E-state index is 0.0603. The molecule has 1 aliphatic rings. The third kappa shape index (κ3) is 3.79. The molecule has 30 heavy (non-hydrogen) atoms. The van der Waals surface area contributed by atoms with Crippen LogP contribution in [0.4, 0.5) is 17.5 Å². The molecule has 4 aromatic rings. The zero-order valence-electron chi connectivity index (χ0n) is 16.1. The number of aromatic nitrogens is 4. The lowest BCUT2D eigenvalue weighted by Crippen LogP contribution is -2.49. The van der Waals surface area contributed by atoms with Crippen molar-refractivity contribution in [2.75, 3.05) is 36.4 Å². The van der Waals surface area contributed by atoms with E-state index in [1.807, 2.05) is 47.4 Å². The summed E-state index contributed by atoms with van der Waals surface area (Å²) in [7, 11) is 0. The fraction of sp³-hybridized carbons (Fsp3) is 0.190. The van der Waals surface area contributed by atoms with E-state index in [1.54, 1.807) is 29.4 Å². The van der Waals surface area contributed by atoms with Gasteiger partial charge in [-0.15, -0.1) is 11.3 Å². The topological polar surface area (TPSA) is 87.1 Å². The molecular weight excluding hydrogens is 398 g/mol. The third-order valence-corrected chi connectivity index (χ3v) is 5.83. The minimum Gasteiger partial charge on any atom is -0.353 e. The number of nitrogens with zero attached hydrogens (tertiary/aromatic N) is 6. The van der Waals surface area contributed by atoms with Crippen LogP contribution in [-0.2, 0) is 0 Å². The van der Waals surface area contributed by atoms with Crippen molar-refractivity contribution in [1.29, 1.82) is 0 Å². The van der Waals surface area contributed by atoms with E-state index >= 15 is 0 Å². The largest absolute Gasteiger partial charge is 0.353 e. The van der Waals surface area contributed by atoms with Gasteiger partial charge in [-0.1, -0.05) is 6.07 Å². The Morgan fingerprint density at radius 3 is 2.67 bits per heavy atom. The van der Waals surface area contributed by atoms with Crippen LogP contribution in [0.25, 0.3) is 10.2 Å². The first-order valence-corrected chi connectivity index (χ1v) is 10.5. The van der Waals surface area contributed by atoms with Crippen LogP contribution in [0.15, 0.2) is 60.5 Å². The molecule has 3 aromatic heterocycles. The molecule has 1 N–H and O–H groups in total. The van der Waals surface area contributed by atoms with Gasteiger partial charge in [-0.25, -0.2) is 19.9 Å². The summed E-state index contributed by atoms with van der Waals surface area (Å²) >= 11 is 1.55. The molecular formula is C21H19N7OS. The van der Waals surface area contributed by atoms with Crippen molar-refractivity contribution in [3.8, 4) is 0 Å². The van der Waals surface area contributed by atoms with Crippen molar-refractivity contribution in [3.63, 3.8) is 0 Å². The maximum atomic E-state index is 12.9. The molecule has 0 saturated carbocycles. The van der Waals surface area contributed by atoms with Crippen LogP contribution >= 0.6 is 11.3 Å². The van der Waals surface area contributed by atoms with Crippen molar-refractivity contribution >= 4 is 44.9 Å². The van der Waals surface area contributed by atoms with E-state index in [-0.39, 0.29) is 5.91 Å². The number of hydrogen-bond donors (Lipinski definition) is 1. The second-order valence-corrected chi connectivity index (χ2v) is 7.80. The van der Waals surface area contributed by atoms with Crippen molar-refractivity contribution in [1.82, 2.24) is 24.8 Å². The van der Waals surface area contributed by atoms with Gasteiger partial charge >= 0.3 is 0 Å². The van der Waals surface area contributed by atoms with Crippen LogP contribution in [0.5, 0.6) is 0 Å². The fourth-order valence-corrected chi connectivity index (χ4v) is 4.18. The monoisotopic (exact) mass is 417 g/mol. The predicted molar refractivity (Wildman–Crippen MR) is 117 cm³/mol. The minimum absolute atomic E-state index is 0.0603. The first kappa shape index (κ1) is 18.4. The van der Waals surface area contributed by atoms with E-state index in [2.05, 4.69) is 30.2 Å². The van der Waals surface area contributed by atoms with Gasteiger partial charge in [0.15, 0.2) is 0 Å². The first-order valence-electron chi connectivity index (χ1n) is 9.64. The van der Waals surface area contributed by atoms with Gasteiger partial charge in [-0.3, -0.25) is 4.79 Å². The number of fused-ring (bicyclic) bond motifs is 1. The third-order valence-electron chi connectivity index (χ3n) is 5.04. The van der Waals surface area contributed by atoms with E-state index in [4.69, 9.17) is 0 Å². The summed E-state index contributed by atoms with van der Waals surface area (Å²) in [5.41, 5.74) is 3.44. The Morgan fingerprint density at radius 2 is 1.83 bits per heavy atom. The normalized spacial score (nSPS) is 14.1. The van der Waals surface area contributed by atoms with E-state index in [1.165, 1.54) is 0 Å². The molecule has 1 aromatic carbocycles. The molecule has 1 amide bonds. The SMILES string of the molecule is O=C(c1ccc2ncsc2c1)N1CCN(c2cc(Nc3ccccn3)ncn2)CC1. The quantitative estimate of drug-likeness (QED) is 0.546. The lowest BCUT2D eigenvalue weighted by molar-refractivity contribution is 0.0746. The number of amides is 1. The summed E-state index contributed by atoms with van der Waals surface area (Å²) in [6.45, 7) is 2.72. The second kappa shape index (κ2) is 8.03. The summed E-state index contributed by atoms with van der Waals surface area (Å²) in [5.74, 6) is 2.32. The van der Waals surface area contributed by atoms with Crippen molar-refractivity contribution in [3.05, 3.63) is 66.1 Å². The molecule has 0 aliphatic carbocycles. The Morgan fingerprint density at radius 1 is 0.933 bits per heavy atom. The number of piperazine rings is 1. The summed E-state index contributed by atoms with van der Waals surface area (Å²) < 4.78 is 1.04. The highest BCUT2D eigenvalue weighted by molar-refractivity contribution is 7.16. The second-order valence-electron chi connectivity index (χ2n) is 6.92. The smallest absolute Gasteiger partial charge is 0.254 e. The van der Waals surface area contributed by atoms with E-state index < -0.39 is 0 Å². The first-order chi connectivity index (χ1) is 14.8. The Kier molecular flexibility index (Phi) is 4.94. The van der Waals surface area contributed by atoms with Crippen LogP contribution in [0.1, 0.15) is 10.4 Å². The molecule has 0 bridgehead atoms. The molecule has 9 heteroatoms. The highest BCUT2D eigenvalue weighted by Gasteiger charge is 2.23. The zero-order chi connectivity index (χ0) is 20.3. The maximum absolute atomic E-state index is 12.9. The lowest BCUT2D eigenvalue weighted by atomic mass is 10.1. The number of pyridine rings is 1. The molecule has 0 atom stereocenters. The van der Waals surface area contributed by atoms with Gasteiger partial charge in [0.2, 0.25) is 0 Å². The summed E-state index contributed by atoms with van der Waals surface area (Å²) in [6.07, 6.45) is 3.27. The predicted octanol–water partition coefficient (Wildman–Crippen LogP) is 3.19. The summed E-state index contributed by atoms with van der Waals surface area (Å²) in [5, 5.41) is 3.19. The number of hydrogen-bond acceptors (Lipinski definition) is 8. The molecule has 5 rings (SSSR count). The van der Waals surface area contributed by atoms with Gasteiger partial charge in [0.05, 0.1) is 15.7 Å². The van der Waals surface area contributed by atoms with Crippen LogP contribution in [0, 0.1) is 0 Å². The Labute approximate surface area is 177 Å². The molecule has 150 valence electrons. The molecule has 0 unspecified atom stereocenters. The highest BCUT2D eigenvalue weighted by atomic mass is 32.1. The van der Waals surface area contributed by atoms with Crippen LogP contribution in [-0.4, -0.2) is 56.9 Å². The average Bonchev–Trinajstić information content (AvgIpc) is 3.28. The highest BCUT2D eigenvalue weighted by Crippen LogP contribution is 2.22. The number of carbonyl (C=O) groups is 1. The Bertz CT molecular complexity index is 1170. The number of rotatable bonds is 4. The number of nitrogens with one attached hydrogen (secondary N) is 1. The molecule has 0 radical (unpaired) electrons.